The third-order valence-electron chi connectivity index (χ3n) is 21.0. The van der Waals surface area contributed by atoms with Crippen molar-refractivity contribution in [3.63, 3.8) is 0 Å². The zero-order valence-corrected chi connectivity index (χ0v) is 72.8. The number of carbonyl (C=O) groups excluding carboxylic acids is 4. The molecule has 17 nitrogen and oxygen atoms in total. The highest BCUT2D eigenvalue weighted by molar-refractivity contribution is 7.47. The van der Waals surface area contributed by atoms with E-state index in [1.165, 1.54) is 308 Å². The van der Waals surface area contributed by atoms with E-state index in [1.807, 2.05) is 0 Å². The summed E-state index contributed by atoms with van der Waals surface area (Å²) in [5.74, 6) is -1.28. The number of hydrogen-bond acceptors (Lipinski definition) is 15. The fraction of sp³-hybridized carbons (Fsp3) is 0.955. The van der Waals surface area contributed by atoms with Gasteiger partial charge in [-0.1, -0.05) is 433 Å². The van der Waals surface area contributed by atoms with Crippen molar-refractivity contribution in [2.75, 3.05) is 39.6 Å². The van der Waals surface area contributed by atoms with Crippen LogP contribution in [-0.2, 0) is 65.4 Å². The first-order chi connectivity index (χ1) is 52.5. The van der Waals surface area contributed by atoms with Crippen LogP contribution in [0.25, 0.3) is 0 Å². The van der Waals surface area contributed by atoms with Crippen molar-refractivity contribution in [3.05, 3.63) is 0 Å². The van der Waals surface area contributed by atoms with Crippen molar-refractivity contribution in [2.24, 2.45) is 5.92 Å². The monoisotopic (exact) mass is 1580 g/mol. The Morgan fingerprint density at radius 1 is 0.250 bits per heavy atom. The fourth-order valence-electron chi connectivity index (χ4n) is 14.0. The number of carbonyl (C=O) groups is 4. The number of hydrogen-bond donors (Lipinski definition) is 3. The second-order valence-corrected chi connectivity index (χ2v) is 35.4. The summed E-state index contributed by atoms with van der Waals surface area (Å²) < 4.78 is 69.0. The van der Waals surface area contributed by atoms with Gasteiger partial charge in [0, 0.05) is 25.7 Å². The summed E-state index contributed by atoms with van der Waals surface area (Å²) in [6.07, 6.45) is 76.3. The number of phosphoric ester groups is 2. The molecule has 0 aliphatic carbocycles. The van der Waals surface area contributed by atoms with E-state index in [0.29, 0.717) is 25.7 Å². The molecule has 5 atom stereocenters. The quantitative estimate of drug-likeness (QED) is 0.0222. The Labute approximate surface area is 664 Å². The number of aliphatic hydroxyl groups is 1. The summed E-state index contributed by atoms with van der Waals surface area (Å²) >= 11 is 0. The summed E-state index contributed by atoms with van der Waals surface area (Å²) in [4.78, 5) is 73.4. The van der Waals surface area contributed by atoms with Gasteiger partial charge in [-0.25, -0.2) is 9.13 Å². The topological polar surface area (TPSA) is 237 Å². The molecule has 0 aliphatic heterocycles. The summed E-state index contributed by atoms with van der Waals surface area (Å²) in [5, 5.41) is 10.7. The first-order valence-corrected chi connectivity index (χ1v) is 49.1. The van der Waals surface area contributed by atoms with Gasteiger partial charge in [0.2, 0.25) is 0 Å². The average molecular weight is 1580 g/mol. The SMILES string of the molecule is CCCCCCCCCCCCCCCCCCCCCCC(=O)O[C@H](COC(=O)CCCCCCCCCCCCCCCCCCC(C)C)COP(=O)(O)OC[C@@H](O)COP(=O)(O)OC[C@@H](COC(=O)CCCCCCCCCCCCCCC)OC(=O)CCCCCCCCCCCCCCCCCC. The molecule has 642 valence electrons. The molecular formula is C89H174O17P2. The maximum Gasteiger partial charge on any atom is 0.472 e. The number of esters is 4. The zero-order valence-electron chi connectivity index (χ0n) is 71.0. The molecule has 0 fully saturated rings. The summed E-state index contributed by atoms with van der Waals surface area (Å²) in [7, 11) is -9.93. The molecule has 108 heavy (non-hydrogen) atoms. The van der Waals surface area contributed by atoms with Gasteiger partial charge in [-0.3, -0.25) is 37.3 Å². The minimum Gasteiger partial charge on any atom is -0.462 e. The molecule has 0 bridgehead atoms. The molecule has 0 aromatic carbocycles. The Morgan fingerprint density at radius 2 is 0.426 bits per heavy atom. The molecule has 2 unspecified atom stereocenters. The molecule has 0 saturated carbocycles. The van der Waals surface area contributed by atoms with Crippen LogP contribution in [0.1, 0.15) is 484 Å². The van der Waals surface area contributed by atoms with Gasteiger partial charge < -0.3 is 33.8 Å². The fourth-order valence-corrected chi connectivity index (χ4v) is 15.6. The van der Waals surface area contributed by atoms with E-state index in [1.54, 1.807) is 0 Å². The molecule has 0 aromatic rings. The lowest BCUT2D eigenvalue weighted by Crippen LogP contribution is -2.30. The molecule has 0 aliphatic rings. The Morgan fingerprint density at radius 3 is 0.630 bits per heavy atom. The first-order valence-electron chi connectivity index (χ1n) is 46.1. The molecule has 0 rings (SSSR count). The van der Waals surface area contributed by atoms with Crippen LogP contribution in [0.15, 0.2) is 0 Å². The summed E-state index contributed by atoms with van der Waals surface area (Å²) in [5.41, 5.74) is 0. The molecule has 0 heterocycles. The molecule has 0 saturated heterocycles. The Balaban J connectivity index is 5.26. The van der Waals surface area contributed by atoms with Crippen LogP contribution in [-0.4, -0.2) is 96.7 Å². The molecular weight excluding hydrogens is 1400 g/mol. The Kier molecular flexibility index (Phi) is 80.2. The van der Waals surface area contributed by atoms with Crippen LogP contribution < -0.4 is 0 Å². The summed E-state index contributed by atoms with van der Waals surface area (Å²) in [6.45, 7) is 7.43. The van der Waals surface area contributed by atoms with Crippen molar-refractivity contribution in [1.29, 1.82) is 0 Å². The standard InChI is InChI=1S/C89H174O17P2/c1-6-9-12-15-18-21-24-27-29-31-32-33-34-40-45-50-55-60-65-70-75-89(94)106-85(79-100-87(92)73-68-63-58-53-48-43-39-36-35-37-42-46-51-56-61-66-71-82(4)5)81-104-108(97,98)102-77-83(90)76-101-107(95,96)103-80-84(78-99-86(91)72-67-62-57-52-47-41-26-23-20-17-14-11-8-3)105-88(93)74-69-64-59-54-49-44-38-30-28-25-22-19-16-13-10-7-2/h82-85,90H,6-81H2,1-5H3,(H,95,96)(H,97,98)/t83-,84+,85+/m0/s1. The van der Waals surface area contributed by atoms with Crippen LogP contribution in [0.4, 0.5) is 0 Å². The second kappa shape index (κ2) is 81.6. The van der Waals surface area contributed by atoms with Crippen molar-refractivity contribution in [3.8, 4) is 0 Å². The number of aliphatic hydroxyl groups excluding tert-OH is 1. The third kappa shape index (κ3) is 82.1. The normalized spacial score (nSPS) is 13.7. The van der Waals surface area contributed by atoms with Crippen LogP contribution in [0.5, 0.6) is 0 Å². The highest BCUT2D eigenvalue weighted by atomic mass is 31.2. The number of ether oxygens (including phenoxy) is 4. The van der Waals surface area contributed by atoms with E-state index in [4.69, 9.17) is 37.0 Å². The highest BCUT2D eigenvalue weighted by Crippen LogP contribution is 2.45. The minimum absolute atomic E-state index is 0.109. The van der Waals surface area contributed by atoms with Gasteiger partial charge in [-0.05, 0) is 31.6 Å². The van der Waals surface area contributed by atoms with Gasteiger partial charge in [0.15, 0.2) is 12.2 Å². The maximum atomic E-state index is 13.2. The van der Waals surface area contributed by atoms with Gasteiger partial charge in [-0.2, -0.15) is 0 Å². The van der Waals surface area contributed by atoms with Gasteiger partial charge >= 0.3 is 39.5 Å². The van der Waals surface area contributed by atoms with E-state index in [9.17, 15) is 43.2 Å². The van der Waals surface area contributed by atoms with Crippen LogP contribution in [0.3, 0.4) is 0 Å². The average Bonchev–Trinajstić information content (AvgIpc) is 0.899. The summed E-state index contributed by atoms with van der Waals surface area (Å²) in [6, 6.07) is 0. The minimum atomic E-state index is -4.97. The molecule has 0 amide bonds. The molecule has 0 radical (unpaired) electrons. The van der Waals surface area contributed by atoms with Gasteiger partial charge in [0.1, 0.15) is 19.3 Å². The molecule has 0 spiro atoms. The molecule has 19 heteroatoms. The molecule has 3 N–H and O–H groups in total. The maximum absolute atomic E-state index is 13.2. The van der Waals surface area contributed by atoms with Crippen molar-refractivity contribution < 1.29 is 80.2 Å². The predicted octanol–water partition coefficient (Wildman–Crippen LogP) is 27.5. The third-order valence-corrected chi connectivity index (χ3v) is 22.9. The van der Waals surface area contributed by atoms with E-state index >= 15 is 0 Å². The number of unbranched alkanes of at least 4 members (excludes halogenated alkanes) is 61. The molecule has 0 aromatic heterocycles. The first kappa shape index (κ1) is 106. The van der Waals surface area contributed by atoms with Gasteiger partial charge in [-0.15, -0.1) is 0 Å². The van der Waals surface area contributed by atoms with Crippen molar-refractivity contribution >= 4 is 39.5 Å². The Hall–Kier alpha value is -1.94. The largest absolute Gasteiger partial charge is 0.472 e. The van der Waals surface area contributed by atoms with Crippen LogP contribution in [0, 0.1) is 5.92 Å². The van der Waals surface area contributed by atoms with Crippen LogP contribution >= 0.6 is 15.6 Å². The lowest BCUT2D eigenvalue weighted by molar-refractivity contribution is -0.161. The lowest BCUT2D eigenvalue weighted by atomic mass is 10.0. The lowest BCUT2D eigenvalue weighted by Gasteiger charge is -2.21. The van der Waals surface area contributed by atoms with Crippen molar-refractivity contribution in [2.45, 2.75) is 502 Å². The van der Waals surface area contributed by atoms with E-state index in [-0.39, 0.29) is 25.7 Å². The van der Waals surface area contributed by atoms with E-state index < -0.39 is 97.5 Å². The smallest absolute Gasteiger partial charge is 0.462 e. The second-order valence-electron chi connectivity index (χ2n) is 32.5. The van der Waals surface area contributed by atoms with Gasteiger partial charge in [0.25, 0.3) is 0 Å². The number of rotatable bonds is 89. The van der Waals surface area contributed by atoms with E-state index in [0.717, 1.165) is 95.8 Å². The van der Waals surface area contributed by atoms with Gasteiger partial charge in [0.05, 0.1) is 26.4 Å². The number of phosphoric acid groups is 2. The van der Waals surface area contributed by atoms with Crippen LogP contribution in [0.2, 0.25) is 0 Å². The zero-order chi connectivity index (χ0) is 79.0. The predicted molar refractivity (Wildman–Crippen MR) is 446 cm³/mol. The van der Waals surface area contributed by atoms with Crippen molar-refractivity contribution in [1.82, 2.24) is 0 Å². The highest BCUT2D eigenvalue weighted by Gasteiger charge is 2.30. The van der Waals surface area contributed by atoms with E-state index in [2.05, 4.69) is 34.6 Å². The Bertz CT molecular complexity index is 2050.